The number of halogens is 1. The lowest BCUT2D eigenvalue weighted by Crippen LogP contribution is -2.37. The molecule has 0 saturated heterocycles. The van der Waals surface area contributed by atoms with Gasteiger partial charge in [0.05, 0.1) is 5.69 Å². The zero-order chi connectivity index (χ0) is 19.2. The summed E-state index contributed by atoms with van der Waals surface area (Å²) >= 11 is 0. The van der Waals surface area contributed by atoms with Crippen LogP contribution < -0.4 is 20.1 Å². The summed E-state index contributed by atoms with van der Waals surface area (Å²) < 4.78 is 12.6. The molecular formula is C21H24IN5O2. The van der Waals surface area contributed by atoms with E-state index in [4.69, 9.17) is 9.47 Å². The minimum Gasteiger partial charge on any atom is -0.454 e. The van der Waals surface area contributed by atoms with E-state index in [-0.39, 0.29) is 24.0 Å². The van der Waals surface area contributed by atoms with Gasteiger partial charge in [-0.25, -0.2) is 4.68 Å². The van der Waals surface area contributed by atoms with Crippen molar-refractivity contribution in [2.24, 2.45) is 4.99 Å². The average molecular weight is 505 g/mol. The zero-order valence-corrected chi connectivity index (χ0v) is 18.5. The van der Waals surface area contributed by atoms with E-state index >= 15 is 0 Å². The van der Waals surface area contributed by atoms with Crippen molar-refractivity contribution in [3.63, 3.8) is 0 Å². The average Bonchev–Trinajstić information content (AvgIpc) is 3.42. The SMILES string of the molecule is CN=C(NCCc1ccc(-n2cccn2)cc1)NCc1ccc2c(c1)OCO2.I. The second-order valence-corrected chi connectivity index (χ2v) is 6.41. The third kappa shape index (κ3) is 5.41. The van der Waals surface area contributed by atoms with Crippen LogP contribution in [0.3, 0.4) is 0 Å². The van der Waals surface area contributed by atoms with E-state index in [0.717, 1.165) is 41.7 Å². The highest BCUT2D eigenvalue weighted by Crippen LogP contribution is 2.32. The predicted octanol–water partition coefficient (Wildman–Crippen LogP) is 3.13. The maximum atomic E-state index is 5.42. The first-order valence-electron chi connectivity index (χ1n) is 9.24. The van der Waals surface area contributed by atoms with Gasteiger partial charge in [-0.2, -0.15) is 5.10 Å². The van der Waals surface area contributed by atoms with Crippen LogP contribution in [0.4, 0.5) is 0 Å². The molecular weight excluding hydrogens is 481 g/mol. The lowest BCUT2D eigenvalue weighted by Gasteiger charge is -2.12. The van der Waals surface area contributed by atoms with E-state index in [1.807, 2.05) is 35.1 Å². The first-order chi connectivity index (χ1) is 13.8. The van der Waals surface area contributed by atoms with Gasteiger partial charge in [-0.1, -0.05) is 18.2 Å². The first-order valence-corrected chi connectivity index (χ1v) is 9.24. The van der Waals surface area contributed by atoms with Gasteiger partial charge in [0.1, 0.15) is 0 Å². The molecule has 7 nitrogen and oxygen atoms in total. The third-order valence-electron chi connectivity index (χ3n) is 4.53. The molecule has 0 atom stereocenters. The van der Waals surface area contributed by atoms with Gasteiger partial charge >= 0.3 is 0 Å². The molecule has 2 aromatic carbocycles. The molecule has 152 valence electrons. The molecule has 0 unspecified atom stereocenters. The number of hydrogen-bond acceptors (Lipinski definition) is 4. The third-order valence-corrected chi connectivity index (χ3v) is 4.53. The van der Waals surface area contributed by atoms with Crippen molar-refractivity contribution in [2.75, 3.05) is 20.4 Å². The standard InChI is InChI=1S/C21H23N5O2.HI/c1-22-21(24-14-17-5-8-19-20(13-17)28-15-27-19)23-11-9-16-3-6-18(7-4-16)26-12-2-10-25-26;/h2-8,10,12-13H,9,11,14-15H2,1H3,(H2,22,23,24);1H. The molecule has 0 aliphatic carbocycles. The molecule has 0 fully saturated rings. The molecule has 4 rings (SSSR count). The van der Waals surface area contributed by atoms with E-state index < -0.39 is 0 Å². The van der Waals surface area contributed by atoms with Crippen molar-refractivity contribution in [2.45, 2.75) is 13.0 Å². The lowest BCUT2D eigenvalue weighted by atomic mass is 10.1. The summed E-state index contributed by atoms with van der Waals surface area (Å²) in [5.41, 5.74) is 3.43. The van der Waals surface area contributed by atoms with Crippen molar-refractivity contribution in [3.8, 4) is 17.2 Å². The van der Waals surface area contributed by atoms with Crippen molar-refractivity contribution < 1.29 is 9.47 Å². The monoisotopic (exact) mass is 505 g/mol. The van der Waals surface area contributed by atoms with Crippen molar-refractivity contribution in [1.82, 2.24) is 20.4 Å². The first kappa shape index (κ1) is 21.0. The van der Waals surface area contributed by atoms with E-state index in [9.17, 15) is 0 Å². The van der Waals surface area contributed by atoms with Gasteiger partial charge in [0, 0.05) is 32.5 Å². The number of aliphatic imine (C=N–C) groups is 1. The molecule has 0 saturated carbocycles. The maximum Gasteiger partial charge on any atom is 0.231 e. The fourth-order valence-electron chi connectivity index (χ4n) is 3.02. The molecule has 0 radical (unpaired) electrons. The predicted molar refractivity (Wildman–Crippen MR) is 123 cm³/mol. The lowest BCUT2D eigenvalue weighted by molar-refractivity contribution is 0.174. The van der Waals surface area contributed by atoms with Gasteiger partial charge in [-0.05, 0) is 47.9 Å². The van der Waals surface area contributed by atoms with Crippen LogP contribution in [0.1, 0.15) is 11.1 Å². The summed E-state index contributed by atoms with van der Waals surface area (Å²) in [5.74, 6) is 2.36. The Morgan fingerprint density at radius 3 is 2.62 bits per heavy atom. The van der Waals surface area contributed by atoms with Gasteiger partial charge in [0.25, 0.3) is 0 Å². The summed E-state index contributed by atoms with van der Waals surface area (Å²) in [7, 11) is 1.77. The van der Waals surface area contributed by atoms with Gasteiger partial charge < -0.3 is 20.1 Å². The molecule has 3 aromatic rings. The van der Waals surface area contributed by atoms with Crippen LogP contribution in [0.5, 0.6) is 11.5 Å². The number of guanidine groups is 1. The van der Waals surface area contributed by atoms with Crippen LogP contribution in [-0.2, 0) is 13.0 Å². The number of nitrogens with one attached hydrogen (secondary N) is 2. The molecule has 2 heterocycles. The molecule has 1 aromatic heterocycles. The van der Waals surface area contributed by atoms with Crippen LogP contribution in [0.25, 0.3) is 5.69 Å². The normalized spacial score (nSPS) is 12.4. The smallest absolute Gasteiger partial charge is 0.231 e. The molecule has 2 N–H and O–H groups in total. The van der Waals surface area contributed by atoms with Gasteiger partial charge in [0.15, 0.2) is 17.5 Å². The summed E-state index contributed by atoms with van der Waals surface area (Å²) in [4.78, 5) is 4.28. The number of rotatable bonds is 6. The van der Waals surface area contributed by atoms with Crippen LogP contribution in [0.15, 0.2) is 65.9 Å². The molecule has 0 bridgehead atoms. The Hall–Kier alpha value is -2.75. The van der Waals surface area contributed by atoms with E-state index in [1.54, 1.807) is 13.2 Å². The maximum absolute atomic E-state index is 5.42. The quantitative estimate of drug-likeness (QED) is 0.306. The Labute approximate surface area is 187 Å². The Bertz CT molecular complexity index is 942. The van der Waals surface area contributed by atoms with Crippen LogP contribution in [-0.4, -0.2) is 36.1 Å². The van der Waals surface area contributed by atoms with Crippen molar-refractivity contribution in [3.05, 3.63) is 72.1 Å². The van der Waals surface area contributed by atoms with Crippen LogP contribution in [0, 0.1) is 0 Å². The Morgan fingerprint density at radius 2 is 1.86 bits per heavy atom. The molecule has 0 spiro atoms. The van der Waals surface area contributed by atoms with Crippen LogP contribution in [0.2, 0.25) is 0 Å². The number of benzene rings is 2. The van der Waals surface area contributed by atoms with Crippen LogP contribution >= 0.6 is 24.0 Å². The van der Waals surface area contributed by atoms with Crippen molar-refractivity contribution >= 4 is 29.9 Å². The second kappa shape index (κ2) is 10.1. The summed E-state index contributed by atoms with van der Waals surface area (Å²) in [6, 6.07) is 16.3. The Balaban J connectivity index is 0.00000240. The number of hydrogen-bond donors (Lipinski definition) is 2. The fraction of sp³-hybridized carbons (Fsp3) is 0.238. The zero-order valence-electron chi connectivity index (χ0n) is 16.2. The molecule has 1 aliphatic rings. The number of nitrogens with zero attached hydrogens (tertiary/aromatic N) is 3. The second-order valence-electron chi connectivity index (χ2n) is 6.41. The summed E-state index contributed by atoms with van der Waals surface area (Å²) in [6.45, 7) is 1.75. The van der Waals surface area contributed by atoms with Gasteiger partial charge in [-0.15, -0.1) is 24.0 Å². The minimum absolute atomic E-state index is 0. The van der Waals surface area contributed by atoms with E-state index in [0.29, 0.717) is 13.3 Å². The molecule has 0 amide bonds. The highest BCUT2D eigenvalue weighted by atomic mass is 127. The molecule has 1 aliphatic heterocycles. The largest absolute Gasteiger partial charge is 0.454 e. The topological polar surface area (TPSA) is 72.7 Å². The molecule has 8 heteroatoms. The summed E-state index contributed by atoms with van der Waals surface area (Å²) in [5, 5.41) is 10.9. The highest BCUT2D eigenvalue weighted by molar-refractivity contribution is 14.0. The summed E-state index contributed by atoms with van der Waals surface area (Å²) in [6.07, 6.45) is 4.62. The Kier molecular flexibility index (Phi) is 7.34. The Morgan fingerprint density at radius 1 is 1.07 bits per heavy atom. The van der Waals surface area contributed by atoms with Gasteiger partial charge in [0.2, 0.25) is 6.79 Å². The van der Waals surface area contributed by atoms with Gasteiger partial charge in [-0.3, -0.25) is 4.99 Å². The molecule has 29 heavy (non-hydrogen) atoms. The minimum atomic E-state index is 0. The number of aromatic nitrogens is 2. The van der Waals surface area contributed by atoms with Crippen molar-refractivity contribution in [1.29, 1.82) is 0 Å². The van der Waals surface area contributed by atoms with E-state index in [1.165, 1.54) is 5.56 Å². The number of fused-ring (bicyclic) bond motifs is 1. The van der Waals surface area contributed by atoms with E-state index in [2.05, 4.69) is 45.0 Å². The fourth-order valence-corrected chi connectivity index (χ4v) is 3.02. The highest BCUT2D eigenvalue weighted by Gasteiger charge is 2.13. The number of ether oxygens (including phenoxy) is 2.